The molecule has 4 N–H and O–H groups in total. The molecule has 39 heavy (non-hydrogen) atoms. The Balaban J connectivity index is 1.91. The van der Waals surface area contributed by atoms with Gasteiger partial charge in [-0.1, -0.05) is 30.3 Å². The summed E-state index contributed by atoms with van der Waals surface area (Å²) in [4.78, 5) is 48.6. The van der Waals surface area contributed by atoms with Crippen LogP contribution < -0.4 is 27.2 Å². The van der Waals surface area contributed by atoms with Gasteiger partial charge in [0.05, 0.1) is 6.54 Å². The normalized spacial score (nSPS) is 10.5. The molecule has 11 nitrogen and oxygen atoms in total. The number of halogens is 1. The minimum absolute atomic E-state index is 0.0953. The highest BCUT2D eigenvalue weighted by Gasteiger charge is 2.19. The van der Waals surface area contributed by atoms with Gasteiger partial charge in [0.25, 0.3) is 12.0 Å². The fourth-order valence-corrected chi connectivity index (χ4v) is 4.07. The first kappa shape index (κ1) is 28.8. The van der Waals surface area contributed by atoms with Crippen LogP contribution in [0.3, 0.4) is 0 Å². The van der Waals surface area contributed by atoms with E-state index in [0.29, 0.717) is 18.7 Å². The largest absolute Gasteiger partial charge is 0.414 e. The van der Waals surface area contributed by atoms with E-state index in [9.17, 15) is 23.6 Å². The van der Waals surface area contributed by atoms with E-state index in [1.807, 2.05) is 12.1 Å². The second-order valence-corrected chi connectivity index (χ2v) is 8.69. The first-order valence-corrected chi connectivity index (χ1v) is 12.3. The molecule has 0 aliphatic carbocycles. The van der Waals surface area contributed by atoms with Crippen molar-refractivity contribution in [3.05, 3.63) is 86.3 Å². The smallest absolute Gasteiger partial charge is 0.332 e. The summed E-state index contributed by atoms with van der Waals surface area (Å²) in [5, 5.41) is 16.4. The summed E-state index contributed by atoms with van der Waals surface area (Å²) in [5.41, 5.74) is 0.702. The van der Waals surface area contributed by atoms with E-state index in [0.717, 1.165) is 10.1 Å². The summed E-state index contributed by atoms with van der Waals surface area (Å²) >= 11 is 0. The van der Waals surface area contributed by atoms with Gasteiger partial charge < -0.3 is 20.7 Å². The standard InChI is InChI=1S/C27H31FN6O5/c1-18(36)32-21-11-9-19(10-12-21)13-14-31-24-25(30-2)33(15-5-8-23(29)39-17-35)27(38)34(26(24)37)16-20-6-3-4-7-22(20)28/h3-4,6-7,9-12,17,29-31H,5,8,13-16H2,1-2H3,(H,32,36). The Morgan fingerprint density at radius 3 is 2.46 bits per heavy atom. The Labute approximate surface area is 224 Å². The number of nitrogens with zero attached hydrogens (tertiary/aromatic N) is 2. The summed E-state index contributed by atoms with van der Waals surface area (Å²) in [5.74, 6) is -0.700. The highest BCUT2D eigenvalue weighted by molar-refractivity contribution is 5.88. The van der Waals surface area contributed by atoms with Crippen molar-refractivity contribution in [3.63, 3.8) is 0 Å². The summed E-state index contributed by atoms with van der Waals surface area (Å²) < 4.78 is 21.2. The topological polar surface area (TPSA) is 147 Å². The number of rotatable bonds is 13. The van der Waals surface area contributed by atoms with E-state index in [-0.39, 0.29) is 61.3 Å². The molecular formula is C27H31FN6O5. The van der Waals surface area contributed by atoms with Gasteiger partial charge in [-0.3, -0.25) is 28.9 Å². The molecule has 0 fully saturated rings. The van der Waals surface area contributed by atoms with Gasteiger partial charge >= 0.3 is 5.69 Å². The van der Waals surface area contributed by atoms with Crippen LogP contribution in [0.5, 0.6) is 0 Å². The lowest BCUT2D eigenvalue weighted by Gasteiger charge is -2.20. The van der Waals surface area contributed by atoms with Crippen molar-refractivity contribution >= 4 is 35.5 Å². The average molecular weight is 539 g/mol. The second-order valence-electron chi connectivity index (χ2n) is 8.69. The molecule has 1 heterocycles. The third-order valence-corrected chi connectivity index (χ3v) is 5.92. The number of amides is 1. The molecule has 0 atom stereocenters. The van der Waals surface area contributed by atoms with Gasteiger partial charge in [-0.25, -0.2) is 9.18 Å². The van der Waals surface area contributed by atoms with Crippen molar-refractivity contribution < 1.29 is 18.7 Å². The Hall–Kier alpha value is -4.74. The molecule has 0 unspecified atom stereocenters. The van der Waals surface area contributed by atoms with E-state index in [1.54, 1.807) is 25.2 Å². The van der Waals surface area contributed by atoms with Gasteiger partial charge in [0.1, 0.15) is 17.3 Å². The minimum atomic E-state index is -0.644. The molecule has 1 amide bonds. The molecule has 0 saturated carbocycles. The molecule has 2 aromatic carbocycles. The molecule has 0 bridgehead atoms. The molecule has 0 saturated heterocycles. The van der Waals surface area contributed by atoms with Gasteiger partial charge in [-0.15, -0.1) is 0 Å². The number of benzene rings is 2. The maximum absolute atomic E-state index is 14.4. The Morgan fingerprint density at radius 1 is 1.10 bits per heavy atom. The molecule has 12 heteroatoms. The van der Waals surface area contributed by atoms with Crippen LogP contribution in [-0.4, -0.2) is 41.0 Å². The third kappa shape index (κ3) is 7.63. The van der Waals surface area contributed by atoms with Crippen molar-refractivity contribution in [2.45, 2.75) is 39.3 Å². The number of carbonyl (C=O) groups is 2. The second kappa shape index (κ2) is 13.7. The van der Waals surface area contributed by atoms with Crippen molar-refractivity contribution in [2.24, 2.45) is 0 Å². The quantitative estimate of drug-likeness (QED) is 0.149. The predicted molar refractivity (Wildman–Crippen MR) is 147 cm³/mol. The highest BCUT2D eigenvalue weighted by Crippen LogP contribution is 2.18. The van der Waals surface area contributed by atoms with Gasteiger partial charge in [0.15, 0.2) is 5.90 Å². The Kier molecular flexibility index (Phi) is 10.1. The number of aromatic nitrogens is 2. The van der Waals surface area contributed by atoms with Gasteiger partial charge in [-0.05, 0) is 36.6 Å². The number of carbonyl (C=O) groups excluding carboxylic acids is 2. The van der Waals surface area contributed by atoms with Crippen LogP contribution in [0.25, 0.3) is 0 Å². The monoisotopic (exact) mass is 538 g/mol. The van der Waals surface area contributed by atoms with Crippen LogP contribution in [0.1, 0.15) is 30.9 Å². The zero-order valence-electron chi connectivity index (χ0n) is 21.8. The molecular weight excluding hydrogens is 507 g/mol. The van der Waals surface area contributed by atoms with Crippen LogP contribution in [0.15, 0.2) is 58.1 Å². The van der Waals surface area contributed by atoms with Crippen LogP contribution >= 0.6 is 0 Å². The molecule has 0 radical (unpaired) electrons. The number of hydrogen-bond donors (Lipinski definition) is 4. The van der Waals surface area contributed by atoms with Crippen LogP contribution in [0.2, 0.25) is 0 Å². The molecule has 0 aliphatic heterocycles. The predicted octanol–water partition coefficient (Wildman–Crippen LogP) is 2.78. The van der Waals surface area contributed by atoms with Gasteiger partial charge in [0, 0.05) is 44.7 Å². The van der Waals surface area contributed by atoms with Crippen LogP contribution in [-0.2, 0) is 33.8 Å². The minimum Gasteiger partial charge on any atom is -0.414 e. The van der Waals surface area contributed by atoms with Crippen molar-refractivity contribution in [3.8, 4) is 0 Å². The summed E-state index contributed by atoms with van der Waals surface area (Å²) in [6, 6.07) is 13.2. The molecule has 206 valence electrons. The van der Waals surface area contributed by atoms with E-state index in [2.05, 4.69) is 20.7 Å². The molecule has 0 aliphatic rings. The molecule has 3 aromatic rings. The van der Waals surface area contributed by atoms with E-state index in [4.69, 9.17) is 5.41 Å². The lowest BCUT2D eigenvalue weighted by atomic mass is 10.1. The zero-order valence-corrected chi connectivity index (χ0v) is 21.8. The van der Waals surface area contributed by atoms with Crippen molar-refractivity contribution in [2.75, 3.05) is 29.5 Å². The molecule has 1 aromatic heterocycles. The van der Waals surface area contributed by atoms with Crippen molar-refractivity contribution in [1.82, 2.24) is 9.13 Å². The average Bonchev–Trinajstić information content (AvgIpc) is 2.90. The van der Waals surface area contributed by atoms with Gasteiger partial charge in [0.2, 0.25) is 5.91 Å². The number of anilines is 3. The lowest BCUT2D eigenvalue weighted by molar-refractivity contribution is -0.122. The third-order valence-electron chi connectivity index (χ3n) is 5.92. The first-order valence-electron chi connectivity index (χ1n) is 12.3. The fraction of sp³-hybridized carbons (Fsp3) is 0.296. The SMILES string of the molecule is CNc1c(NCCc2ccc(NC(C)=O)cc2)c(=O)n(Cc2ccccc2F)c(=O)n1CCCC(=N)OC=O. The van der Waals surface area contributed by atoms with E-state index < -0.39 is 17.1 Å². The number of nitrogens with one attached hydrogen (secondary N) is 4. The summed E-state index contributed by atoms with van der Waals surface area (Å²) in [6.45, 7) is 1.78. The maximum Gasteiger partial charge on any atom is 0.332 e. The summed E-state index contributed by atoms with van der Waals surface area (Å²) in [6.07, 6.45) is 0.910. The fourth-order valence-electron chi connectivity index (χ4n) is 4.07. The van der Waals surface area contributed by atoms with E-state index in [1.165, 1.54) is 29.7 Å². The summed E-state index contributed by atoms with van der Waals surface area (Å²) in [7, 11) is 1.58. The van der Waals surface area contributed by atoms with Crippen molar-refractivity contribution in [1.29, 1.82) is 5.41 Å². The molecule has 3 rings (SSSR count). The van der Waals surface area contributed by atoms with E-state index >= 15 is 0 Å². The first-order chi connectivity index (χ1) is 18.7. The molecule has 0 spiro atoms. The van der Waals surface area contributed by atoms with Crippen LogP contribution in [0.4, 0.5) is 21.6 Å². The number of ether oxygens (including phenoxy) is 1. The van der Waals surface area contributed by atoms with Gasteiger partial charge in [-0.2, -0.15) is 0 Å². The lowest BCUT2D eigenvalue weighted by Crippen LogP contribution is -2.42. The van der Waals surface area contributed by atoms with Crippen LogP contribution in [0, 0.1) is 11.2 Å². The highest BCUT2D eigenvalue weighted by atomic mass is 19.1. The maximum atomic E-state index is 14.4. The Morgan fingerprint density at radius 2 is 1.82 bits per heavy atom. The zero-order chi connectivity index (χ0) is 28.4. The Bertz CT molecular complexity index is 1450. The number of hydrogen-bond acceptors (Lipinski definition) is 8.